The van der Waals surface area contributed by atoms with Crippen LogP contribution < -0.4 is 0 Å². The van der Waals surface area contributed by atoms with Gasteiger partial charge in [-0.1, -0.05) is 0 Å². The molecule has 2 fully saturated rings. The van der Waals surface area contributed by atoms with Crippen molar-refractivity contribution in [1.29, 1.82) is 5.26 Å². The Morgan fingerprint density at radius 1 is 1.47 bits per heavy atom. The van der Waals surface area contributed by atoms with Crippen molar-refractivity contribution in [2.24, 2.45) is 5.92 Å². The molecule has 2 rings (SSSR count). The molecule has 2 bridgehead atoms. The summed E-state index contributed by atoms with van der Waals surface area (Å²) in [6, 6.07) is 2.02. The third-order valence-corrected chi connectivity index (χ3v) is 2.78. The first kappa shape index (κ1) is 10.1. The minimum atomic E-state index is -0.460. The fourth-order valence-electron chi connectivity index (χ4n) is 1.95. The van der Waals surface area contributed by atoms with Crippen molar-refractivity contribution in [2.45, 2.75) is 32.0 Å². The third kappa shape index (κ3) is 1.61. The standard InChI is InChI=1S/C10H12N2O3/c1-6(4-11)5-12-9(13)7-2-3-8(15-7)10(12)14/h6-8H,2-3,5H2,1H3. The molecule has 0 saturated carbocycles. The lowest BCUT2D eigenvalue weighted by molar-refractivity contribution is -0.168. The molecule has 15 heavy (non-hydrogen) atoms. The van der Waals surface area contributed by atoms with Crippen molar-refractivity contribution in [1.82, 2.24) is 4.90 Å². The Bertz CT molecular complexity index is 325. The second-order valence-corrected chi connectivity index (χ2v) is 4.01. The number of likely N-dealkylation sites (tertiary alicyclic amines) is 1. The first-order chi connectivity index (χ1) is 7.13. The van der Waals surface area contributed by atoms with E-state index in [0.717, 1.165) is 0 Å². The molecule has 0 aromatic rings. The summed E-state index contributed by atoms with van der Waals surface area (Å²) in [5.41, 5.74) is 0. The lowest BCUT2D eigenvalue weighted by Crippen LogP contribution is -2.52. The summed E-state index contributed by atoms with van der Waals surface area (Å²) < 4.78 is 5.24. The maximum Gasteiger partial charge on any atom is 0.258 e. The Hall–Kier alpha value is -1.41. The maximum absolute atomic E-state index is 11.7. The molecule has 2 heterocycles. The number of fused-ring (bicyclic) bond motifs is 2. The molecule has 2 amide bonds. The van der Waals surface area contributed by atoms with Crippen molar-refractivity contribution in [2.75, 3.05) is 6.54 Å². The van der Waals surface area contributed by atoms with Crippen LogP contribution in [0, 0.1) is 17.2 Å². The largest absolute Gasteiger partial charge is 0.355 e. The zero-order valence-electron chi connectivity index (χ0n) is 8.47. The molecule has 3 unspecified atom stereocenters. The smallest absolute Gasteiger partial charge is 0.258 e. The predicted octanol–water partition coefficient (Wildman–Crippen LogP) is 0.0625. The van der Waals surface area contributed by atoms with Crippen LogP contribution in [-0.4, -0.2) is 35.5 Å². The molecule has 0 N–H and O–H groups in total. The van der Waals surface area contributed by atoms with Crippen molar-refractivity contribution in [3.8, 4) is 6.07 Å². The highest BCUT2D eigenvalue weighted by molar-refractivity contribution is 6.02. The third-order valence-electron chi connectivity index (χ3n) is 2.78. The number of imide groups is 1. The summed E-state index contributed by atoms with van der Waals surface area (Å²) in [6.07, 6.45) is 0.316. The quantitative estimate of drug-likeness (QED) is 0.602. The van der Waals surface area contributed by atoms with E-state index in [4.69, 9.17) is 10.00 Å². The van der Waals surface area contributed by atoms with Gasteiger partial charge in [-0.15, -0.1) is 0 Å². The number of hydrogen-bond acceptors (Lipinski definition) is 4. The summed E-state index contributed by atoms with van der Waals surface area (Å²) in [6.45, 7) is 1.88. The van der Waals surface area contributed by atoms with E-state index in [1.807, 2.05) is 6.07 Å². The van der Waals surface area contributed by atoms with Gasteiger partial charge in [-0.3, -0.25) is 14.5 Å². The number of hydrogen-bond donors (Lipinski definition) is 0. The van der Waals surface area contributed by atoms with Crippen LogP contribution in [-0.2, 0) is 14.3 Å². The number of amides is 2. The first-order valence-corrected chi connectivity index (χ1v) is 5.03. The summed E-state index contributed by atoms with van der Waals surface area (Å²) in [5.74, 6) is -0.887. The van der Waals surface area contributed by atoms with Crippen molar-refractivity contribution < 1.29 is 14.3 Å². The van der Waals surface area contributed by atoms with Gasteiger partial charge in [-0.05, 0) is 19.8 Å². The van der Waals surface area contributed by atoms with Crippen LogP contribution in [0.1, 0.15) is 19.8 Å². The van der Waals surface area contributed by atoms with Gasteiger partial charge in [0.05, 0.1) is 12.0 Å². The van der Waals surface area contributed by atoms with E-state index in [-0.39, 0.29) is 24.3 Å². The normalized spacial score (nSPS) is 31.6. The second-order valence-electron chi connectivity index (χ2n) is 4.01. The molecule has 0 spiro atoms. The molecule has 3 atom stereocenters. The molecule has 80 valence electrons. The molecule has 0 radical (unpaired) electrons. The van der Waals surface area contributed by atoms with Gasteiger partial charge in [0.25, 0.3) is 11.8 Å². The summed E-state index contributed by atoms with van der Waals surface area (Å²) in [4.78, 5) is 24.6. The number of ether oxygens (including phenoxy) is 1. The second kappa shape index (κ2) is 3.63. The number of nitriles is 1. The monoisotopic (exact) mass is 208 g/mol. The maximum atomic E-state index is 11.7. The van der Waals surface area contributed by atoms with Crippen LogP contribution in [0.15, 0.2) is 0 Å². The van der Waals surface area contributed by atoms with Crippen LogP contribution in [0.25, 0.3) is 0 Å². The van der Waals surface area contributed by atoms with Crippen molar-refractivity contribution >= 4 is 11.8 Å². The Morgan fingerprint density at radius 3 is 2.47 bits per heavy atom. The van der Waals surface area contributed by atoms with Crippen LogP contribution in [0.3, 0.4) is 0 Å². The van der Waals surface area contributed by atoms with Gasteiger partial charge in [-0.25, -0.2) is 0 Å². The molecular formula is C10H12N2O3. The zero-order valence-corrected chi connectivity index (χ0v) is 8.47. The van der Waals surface area contributed by atoms with E-state index >= 15 is 0 Å². The van der Waals surface area contributed by atoms with E-state index in [0.29, 0.717) is 12.8 Å². The van der Waals surface area contributed by atoms with Gasteiger partial charge < -0.3 is 4.74 Å². The molecule has 0 aliphatic carbocycles. The Balaban J connectivity index is 2.14. The topological polar surface area (TPSA) is 70.4 Å². The fraction of sp³-hybridized carbons (Fsp3) is 0.700. The van der Waals surface area contributed by atoms with Crippen molar-refractivity contribution in [3.63, 3.8) is 0 Å². The Labute approximate surface area is 87.6 Å². The van der Waals surface area contributed by atoms with E-state index in [1.54, 1.807) is 6.92 Å². The number of rotatable bonds is 2. The molecular weight excluding hydrogens is 196 g/mol. The van der Waals surface area contributed by atoms with E-state index in [1.165, 1.54) is 4.90 Å². The van der Waals surface area contributed by atoms with Gasteiger partial charge in [0.15, 0.2) is 0 Å². The minimum absolute atomic E-state index is 0.185. The highest BCUT2D eigenvalue weighted by Crippen LogP contribution is 2.28. The summed E-state index contributed by atoms with van der Waals surface area (Å²) in [7, 11) is 0. The number of carbonyl (C=O) groups excluding carboxylic acids is 2. The van der Waals surface area contributed by atoms with Gasteiger partial charge in [0.2, 0.25) is 0 Å². The number of morpholine rings is 1. The fourth-order valence-corrected chi connectivity index (χ4v) is 1.95. The average Bonchev–Trinajstić information content (AvgIpc) is 2.68. The van der Waals surface area contributed by atoms with Crippen LogP contribution in [0.5, 0.6) is 0 Å². The highest BCUT2D eigenvalue weighted by Gasteiger charge is 2.46. The molecule has 0 aromatic heterocycles. The minimum Gasteiger partial charge on any atom is -0.355 e. The highest BCUT2D eigenvalue weighted by atomic mass is 16.5. The van der Waals surface area contributed by atoms with E-state index in [2.05, 4.69) is 0 Å². The molecule has 2 aliphatic rings. The van der Waals surface area contributed by atoms with Gasteiger partial charge in [0.1, 0.15) is 12.2 Å². The molecule has 2 aliphatic heterocycles. The molecule has 0 aromatic carbocycles. The van der Waals surface area contributed by atoms with Gasteiger partial charge in [0, 0.05) is 6.54 Å². The van der Waals surface area contributed by atoms with Crippen molar-refractivity contribution in [3.05, 3.63) is 0 Å². The number of nitrogens with zero attached hydrogens (tertiary/aromatic N) is 2. The van der Waals surface area contributed by atoms with Crippen LogP contribution in [0.2, 0.25) is 0 Å². The molecule has 2 saturated heterocycles. The van der Waals surface area contributed by atoms with E-state index < -0.39 is 12.2 Å². The summed E-state index contributed by atoms with van der Waals surface area (Å²) >= 11 is 0. The predicted molar refractivity (Wildman–Crippen MR) is 49.4 cm³/mol. The van der Waals surface area contributed by atoms with Gasteiger partial charge in [-0.2, -0.15) is 5.26 Å². The summed E-state index contributed by atoms with van der Waals surface area (Å²) in [5, 5.41) is 8.65. The first-order valence-electron chi connectivity index (χ1n) is 5.03. The molecule has 5 heteroatoms. The van der Waals surface area contributed by atoms with Gasteiger partial charge >= 0.3 is 0 Å². The number of carbonyl (C=O) groups is 2. The lowest BCUT2D eigenvalue weighted by Gasteiger charge is -2.30. The van der Waals surface area contributed by atoms with Crippen LogP contribution >= 0.6 is 0 Å². The van der Waals surface area contributed by atoms with E-state index in [9.17, 15) is 9.59 Å². The Morgan fingerprint density at radius 2 is 2.00 bits per heavy atom. The van der Waals surface area contributed by atoms with Crippen LogP contribution in [0.4, 0.5) is 0 Å². The zero-order chi connectivity index (χ0) is 11.0. The average molecular weight is 208 g/mol. The lowest BCUT2D eigenvalue weighted by atomic mass is 10.1. The molecule has 5 nitrogen and oxygen atoms in total. The Kier molecular flexibility index (Phi) is 2.45. The SMILES string of the molecule is CC(C#N)CN1C(=O)C2CCC(O2)C1=O.